The summed E-state index contributed by atoms with van der Waals surface area (Å²) in [5.74, 6) is 1.43. The first-order valence-electron chi connectivity index (χ1n) is 10.9. The van der Waals surface area contributed by atoms with Crippen LogP contribution in [0.15, 0.2) is 48.5 Å². The van der Waals surface area contributed by atoms with Gasteiger partial charge < -0.3 is 15.0 Å². The SMILES string of the molecule is CC(C)CCOc1ccccc1C(=O)Nc1ccccc1C(=O)N1CCC(C)CC1. The number of hydrogen-bond acceptors (Lipinski definition) is 3. The van der Waals surface area contributed by atoms with Crippen LogP contribution < -0.4 is 10.1 Å². The topological polar surface area (TPSA) is 58.6 Å². The predicted molar refractivity (Wildman–Crippen MR) is 120 cm³/mol. The fourth-order valence-electron chi connectivity index (χ4n) is 3.53. The number of carbonyl (C=O) groups excluding carboxylic acids is 2. The van der Waals surface area contributed by atoms with E-state index in [2.05, 4.69) is 26.1 Å². The second kappa shape index (κ2) is 10.3. The molecule has 1 fully saturated rings. The first-order valence-corrected chi connectivity index (χ1v) is 10.9. The third-order valence-electron chi connectivity index (χ3n) is 5.56. The largest absolute Gasteiger partial charge is 0.493 e. The maximum atomic E-state index is 13.1. The zero-order chi connectivity index (χ0) is 21.5. The maximum Gasteiger partial charge on any atom is 0.259 e. The second-order valence-corrected chi connectivity index (χ2v) is 8.50. The third-order valence-corrected chi connectivity index (χ3v) is 5.56. The molecule has 1 N–H and O–H groups in total. The van der Waals surface area contributed by atoms with Crippen molar-refractivity contribution in [1.82, 2.24) is 4.90 Å². The number of amides is 2. The molecule has 160 valence electrons. The maximum absolute atomic E-state index is 13.1. The zero-order valence-corrected chi connectivity index (χ0v) is 18.2. The summed E-state index contributed by atoms with van der Waals surface area (Å²) in [6, 6.07) is 14.4. The Balaban J connectivity index is 1.74. The van der Waals surface area contributed by atoms with E-state index in [9.17, 15) is 9.59 Å². The van der Waals surface area contributed by atoms with Crippen LogP contribution in [0.1, 0.15) is 60.7 Å². The number of nitrogens with one attached hydrogen (secondary N) is 1. The van der Waals surface area contributed by atoms with Gasteiger partial charge in [-0.15, -0.1) is 0 Å². The molecule has 0 radical (unpaired) electrons. The van der Waals surface area contributed by atoms with Crippen LogP contribution >= 0.6 is 0 Å². The summed E-state index contributed by atoms with van der Waals surface area (Å²) in [7, 11) is 0. The van der Waals surface area contributed by atoms with E-state index in [1.54, 1.807) is 24.3 Å². The monoisotopic (exact) mass is 408 g/mol. The smallest absolute Gasteiger partial charge is 0.259 e. The van der Waals surface area contributed by atoms with E-state index >= 15 is 0 Å². The van der Waals surface area contributed by atoms with Crippen molar-refractivity contribution < 1.29 is 14.3 Å². The van der Waals surface area contributed by atoms with Crippen LogP contribution in [0.4, 0.5) is 5.69 Å². The Bertz CT molecular complexity index is 870. The van der Waals surface area contributed by atoms with Gasteiger partial charge in [-0.1, -0.05) is 45.0 Å². The molecule has 1 aliphatic rings. The number of ether oxygens (including phenoxy) is 1. The molecule has 0 unspecified atom stereocenters. The molecule has 2 aromatic rings. The van der Waals surface area contributed by atoms with Gasteiger partial charge in [0.25, 0.3) is 11.8 Å². The molecular weight excluding hydrogens is 376 g/mol. The minimum atomic E-state index is -0.275. The predicted octanol–water partition coefficient (Wildman–Crippen LogP) is 5.24. The molecule has 5 heteroatoms. The van der Waals surface area contributed by atoms with Gasteiger partial charge in [0.1, 0.15) is 5.75 Å². The molecule has 0 bridgehead atoms. The van der Waals surface area contributed by atoms with Gasteiger partial charge in [-0.2, -0.15) is 0 Å². The Labute approximate surface area is 179 Å². The van der Waals surface area contributed by atoms with Gasteiger partial charge in [-0.3, -0.25) is 9.59 Å². The van der Waals surface area contributed by atoms with Crippen molar-refractivity contribution in [1.29, 1.82) is 0 Å². The molecular formula is C25H32N2O3. The third kappa shape index (κ3) is 5.62. The number of hydrogen-bond donors (Lipinski definition) is 1. The Morgan fingerprint density at radius 3 is 2.37 bits per heavy atom. The van der Waals surface area contributed by atoms with Crippen LogP contribution in [0, 0.1) is 11.8 Å². The summed E-state index contributed by atoms with van der Waals surface area (Å²) in [5, 5.41) is 2.93. The van der Waals surface area contributed by atoms with Gasteiger partial charge >= 0.3 is 0 Å². The number of anilines is 1. The molecule has 1 saturated heterocycles. The van der Waals surface area contributed by atoms with Gasteiger partial charge in [-0.25, -0.2) is 0 Å². The van der Waals surface area contributed by atoms with E-state index in [0.29, 0.717) is 41.0 Å². The summed E-state index contributed by atoms with van der Waals surface area (Å²) in [6.45, 7) is 8.57. The van der Waals surface area contributed by atoms with Gasteiger partial charge in [0.2, 0.25) is 0 Å². The lowest BCUT2D eigenvalue weighted by Gasteiger charge is -2.30. The normalized spacial score (nSPS) is 14.6. The molecule has 1 heterocycles. The first-order chi connectivity index (χ1) is 14.5. The molecule has 0 atom stereocenters. The average Bonchev–Trinajstić information content (AvgIpc) is 2.74. The Kier molecular flexibility index (Phi) is 7.50. The van der Waals surface area contributed by atoms with E-state index in [0.717, 1.165) is 32.4 Å². The van der Waals surface area contributed by atoms with Crippen LogP contribution in [-0.4, -0.2) is 36.4 Å². The Hall–Kier alpha value is -2.82. The molecule has 0 aliphatic carbocycles. The van der Waals surface area contributed by atoms with E-state index in [1.807, 2.05) is 29.2 Å². The van der Waals surface area contributed by atoms with E-state index in [1.165, 1.54) is 0 Å². The van der Waals surface area contributed by atoms with E-state index < -0.39 is 0 Å². The number of benzene rings is 2. The van der Waals surface area contributed by atoms with Gasteiger partial charge in [0.15, 0.2) is 0 Å². The molecule has 0 aromatic heterocycles. The molecule has 30 heavy (non-hydrogen) atoms. The lowest BCUT2D eigenvalue weighted by molar-refractivity contribution is 0.0698. The van der Waals surface area contributed by atoms with Crippen molar-refractivity contribution in [2.24, 2.45) is 11.8 Å². The number of likely N-dealkylation sites (tertiary alicyclic amines) is 1. The number of nitrogens with zero attached hydrogens (tertiary/aromatic N) is 1. The fraction of sp³-hybridized carbons (Fsp3) is 0.440. The highest BCUT2D eigenvalue weighted by Gasteiger charge is 2.24. The average molecular weight is 409 g/mol. The van der Waals surface area contributed by atoms with E-state index in [4.69, 9.17) is 4.74 Å². The first kappa shape index (κ1) is 21.9. The van der Waals surface area contributed by atoms with Crippen molar-refractivity contribution in [3.8, 4) is 5.75 Å². The summed E-state index contributed by atoms with van der Waals surface area (Å²) < 4.78 is 5.85. The van der Waals surface area contributed by atoms with Crippen molar-refractivity contribution in [3.63, 3.8) is 0 Å². The number of para-hydroxylation sites is 2. The summed E-state index contributed by atoms with van der Waals surface area (Å²) in [4.78, 5) is 28.0. The van der Waals surface area contributed by atoms with Gasteiger partial charge in [-0.05, 0) is 55.4 Å². The minimum Gasteiger partial charge on any atom is -0.493 e. The molecule has 0 spiro atoms. The minimum absolute atomic E-state index is 0.0285. The Morgan fingerprint density at radius 2 is 1.67 bits per heavy atom. The van der Waals surface area contributed by atoms with Crippen LogP contribution in [0.25, 0.3) is 0 Å². The van der Waals surface area contributed by atoms with Crippen LogP contribution in [0.3, 0.4) is 0 Å². The van der Waals surface area contributed by atoms with Crippen molar-refractivity contribution >= 4 is 17.5 Å². The molecule has 2 amide bonds. The highest BCUT2D eigenvalue weighted by molar-refractivity contribution is 6.10. The van der Waals surface area contributed by atoms with Crippen molar-refractivity contribution in [2.45, 2.75) is 40.0 Å². The lowest BCUT2D eigenvalue weighted by Crippen LogP contribution is -2.38. The van der Waals surface area contributed by atoms with E-state index in [-0.39, 0.29) is 11.8 Å². The lowest BCUT2D eigenvalue weighted by atomic mass is 9.98. The van der Waals surface area contributed by atoms with Gasteiger partial charge in [0, 0.05) is 13.1 Å². The summed E-state index contributed by atoms with van der Waals surface area (Å²) in [5.41, 5.74) is 1.53. The van der Waals surface area contributed by atoms with Crippen LogP contribution in [-0.2, 0) is 0 Å². The van der Waals surface area contributed by atoms with Crippen molar-refractivity contribution in [2.75, 3.05) is 25.0 Å². The summed E-state index contributed by atoms with van der Waals surface area (Å²) >= 11 is 0. The standard InChI is InChI=1S/C25H32N2O3/c1-18(2)14-17-30-23-11-7-5-9-21(23)24(28)26-22-10-6-4-8-20(22)25(29)27-15-12-19(3)13-16-27/h4-11,18-19H,12-17H2,1-3H3,(H,26,28). The zero-order valence-electron chi connectivity index (χ0n) is 18.2. The highest BCUT2D eigenvalue weighted by atomic mass is 16.5. The fourth-order valence-corrected chi connectivity index (χ4v) is 3.53. The highest BCUT2D eigenvalue weighted by Crippen LogP contribution is 2.24. The molecule has 1 aliphatic heterocycles. The van der Waals surface area contributed by atoms with Crippen LogP contribution in [0.2, 0.25) is 0 Å². The molecule has 0 saturated carbocycles. The second-order valence-electron chi connectivity index (χ2n) is 8.50. The Morgan fingerprint density at radius 1 is 1.03 bits per heavy atom. The van der Waals surface area contributed by atoms with Gasteiger partial charge in [0.05, 0.1) is 23.4 Å². The van der Waals surface area contributed by atoms with Crippen molar-refractivity contribution in [3.05, 3.63) is 59.7 Å². The number of piperidine rings is 1. The van der Waals surface area contributed by atoms with Crippen LogP contribution in [0.5, 0.6) is 5.75 Å². The molecule has 2 aromatic carbocycles. The number of carbonyl (C=O) groups is 2. The number of rotatable bonds is 7. The molecule has 5 nitrogen and oxygen atoms in total. The summed E-state index contributed by atoms with van der Waals surface area (Å²) in [6.07, 6.45) is 2.95. The molecule has 3 rings (SSSR count). The quantitative estimate of drug-likeness (QED) is 0.682.